The molecule has 0 spiro atoms. The van der Waals surface area contributed by atoms with E-state index in [0.29, 0.717) is 26.1 Å². The first-order valence-electron chi connectivity index (χ1n) is 12.0. The fraction of sp³-hybridized carbons (Fsp3) is 0.875. The van der Waals surface area contributed by atoms with Gasteiger partial charge in [-0.15, -0.1) is 0 Å². The molecule has 0 aliphatic rings. The fourth-order valence-corrected chi connectivity index (χ4v) is 3.11. The highest BCUT2D eigenvalue weighted by atomic mass is 16.4. The van der Waals surface area contributed by atoms with E-state index < -0.39 is 5.97 Å². The maximum atomic E-state index is 10.3. The maximum Gasteiger partial charge on any atom is 0.303 e. The zero-order valence-corrected chi connectivity index (χ0v) is 19.9. The van der Waals surface area contributed by atoms with Gasteiger partial charge in [-0.2, -0.15) is 0 Å². The van der Waals surface area contributed by atoms with Gasteiger partial charge < -0.3 is 25.9 Å². The Labute approximate surface area is 190 Å². The van der Waals surface area contributed by atoms with Crippen molar-refractivity contribution in [1.29, 1.82) is 0 Å². The molecule has 0 aromatic heterocycles. The third-order valence-electron chi connectivity index (χ3n) is 4.90. The molecule has 0 bridgehead atoms. The number of hydrogen-bond acceptors (Lipinski definition) is 5. The number of rotatable bonds is 21. The predicted molar refractivity (Wildman–Crippen MR) is 128 cm³/mol. The number of carboxylic acid groups (broad SMARTS) is 1. The number of nitrogens with zero attached hydrogens (tertiary/aromatic N) is 1. The van der Waals surface area contributed by atoms with Gasteiger partial charge in [0.2, 0.25) is 0 Å². The van der Waals surface area contributed by atoms with E-state index >= 15 is 0 Å². The average Bonchev–Trinajstić information content (AvgIpc) is 2.72. The molecular formula is C24H51NO6. The number of carboxylic acids is 1. The molecule has 0 aliphatic heterocycles. The van der Waals surface area contributed by atoms with E-state index in [9.17, 15) is 4.79 Å². The van der Waals surface area contributed by atoms with Gasteiger partial charge in [-0.05, 0) is 32.1 Å². The van der Waals surface area contributed by atoms with Gasteiger partial charge >= 0.3 is 5.97 Å². The molecule has 0 aromatic rings. The molecule has 0 atom stereocenters. The highest BCUT2D eigenvalue weighted by molar-refractivity contribution is 5.66. The third kappa shape index (κ3) is 33.8. The van der Waals surface area contributed by atoms with E-state index in [2.05, 4.69) is 19.1 Å². The first kappa shape index (κ1) is 34.6. The van der Waals surface area contributed by atoms with Crippen molar-refractivity contribution >= 4 is 5.97 Å². The van der Waals surface area contributed by atoms with Gasteiger partial charge in [0, 0.05) is 26.1 Å². The monoisotopic (exact) mass is 449 g/mol. The second-order valence-electron chi connectivity index (χ2n) is 7.74. The van der Waals surface area contributed by atoms with Crippen LogP contribution < -0.4 is 0 Å². The molecule has 0 aliphatic carbocycles. The Balaban J connectivity index is -0.000000604. The summed E-state index contributed by atoms with van der Waals surface area (Å²) in [5.74, 6) is -0.664. The zero-order chi connectivity index (χ0) is 22.7. The minimum Gasteiger partial charge on any atom is -0.481 e. The van der Waals surface area contributed by atoms with Crippen molar-refractivity contribution in [2.75, 3.05) is 39.5 Å². The Morgan fingerprint density at radius 3 is 1.45 bits per heavy atom. The van der Waals surface area contributed by atoms with Crippen molar-refractivity contribution < 1.29 is 30.7 Å². The largest absolute Gasteiger partial charge is 0.481 e. The van der Waals surface area contributed by atoms with E-state index in [0.717, 1.165) is 12.8 Å². The Morgan fingerprint density at radius 2 is 1.06 bits per heavy atom. The van der Waals surface area contributed by atoms with Crippen LogP contribution in [0.25, 0.3) is 0 Å². The van der Waals surface area contributed by atoms with Crippen LogP contribution in [-0.2, 0) is 4.79 Å². The molecule has 0 aromatic carbocycles. The number of carbonyl (C=O) groups is 1. The second-order valence-corrected chi connectivity index (χ2v) is 7.74. The van der Waals surface area contributed by atoms with E-state index in [1.54, 1.807) is 4.90 Å². The van der Waals surface area contributed by atoms with Crippen molar-refractivity contribution in [3.8, 4) is 0 Å². The minimum atomic E-state index is -0.664. The Bertz CT molecular complexity index is 352. The normalized spacial score (nSPS) is 10.7. The molecule has 0 rings (SSSR count). The van der Waals surface area contributed by atoms with Crippen LogP contribution >= 0.6 is 0 Å². The standard InChI is InChI=1S/C18H34O2.C6H15NO3.H2O/c1-2-3-4-5-6-7-8-9-10-11-12-13-14-15-16-17-18(19)20;8-4-1-7(2-5-9)3-6-10;/h9-10H,2-8,11-17H2,1H3,(H,19,20);8-10H,1-6H2;1H2. The number of aliphatic hydroxyl groups excluding tert-OH is 3. The predicted octanol–water partition coefficient (Wildman–Crippen LogP) is 3.55. The van der Waals surface area contributed by atoms with Gasteiger partial charge in [-0.3, -0.25) is 9.69 Å². The lowest BCUT2D eigenvalue weighted by molar-refractivity contribution is -0.137. The number of hydrogen-bond donors (Lipinski definition) is 4. The molecule has 7 heteroatoms. The molecule has 0 saturated carbocycles. The van der Waals surface area contributed by atoms with Gasteiger partial charge in [0.25, 0.3) is 0 Å². The summed E-state index contributed by atoms with van der Waals surface area (Å²) in [6.45, 7) is 4.01. The lowest BCUT2D eigenvalue weighted by atomic mass is 10.1. The van der Waals surface area contributed by atoms with Crippen molar-refractivity contribution in [3.05, 3.63) is 12.2 Å². The van der Waals surface area contributed by atoms with Crippen LogP contribution in [0.1, 0.15) is 96.8 Å². The average molecular weight is 450 g/mol. The zero-order valence-electron chi connectivity index (χ0n) is 19.9. The van der Waals surface area contributed by atoms with Crippen LogP contribution in [-0.4, -0.2) is 76.2 Å². The molecule has 0 saturated heterocycles. The van der Waals surface area contributed by atoms with E-state index in [1.165, 1.54) is 70.6 Å². The molecule has 0 unspecified atom stereocenters. The molecular weight excluding hydrogens is 398 g/mol. The van der Waals surface area contributed by atoms with Crippen LogP contribution in [0.15, 0.2) is 12.2 Å². The molecule has 0 amide bonds. The molecule has 31 heavy (non-hydrogen) atoms. The highest BCUT2D eigenvalue weighted by Crippen LogP contribution is 2.09. The van der Waals surface area contributed by atoms with Crippen molar-refractivity contribution in [2.24, 2.45) is 0 Å². The molecule has 0 heterocycles. The first-order chi connectivity index (χ1) is 14.6. The topological polar surface area (TPSA) is 133 Å². The SMILES string of the molecule is CCCCCCCCC=CCCCCCCCC(=O)O.O.OCCN(CCO)CCO. The molecule has 188 valence electrons. The van der Waals surface area contributed by atoms with Gasteiger partial charge in [0.1, 0.15) is 0 Å². The van der Waals surface area contributed by atoms with Gasteiger partial charge in [0.15, 0.2) is 0 Å². The van der Waals surface area contributed by atoms with E-state index in [1.807, 2.05) is 0 Å². The molecule has 7 nitrogen and oxygen atoms in total. The lowest BCUT2D eigenvalue weighted by Crippen LogP contribution is -2.32. The van der Waals surface area contributed by atoms with Crippen LogP contribution in [0.2, 0.25) is 0 Å². The summed E-state index contributed by atoms with van der Waals surface area (Å²) in [6, 6.07) is 0. The number of aliphatic hydroxyl groups is 3. The van der Waals surface area contributed by atoms with Crippen LogP contribution in [0, 0.1) is 0 Å². The van der Waals surface area contributed by atoms with Crippen LogP contribution in [0.5, 0.6) is 0 Å². The Morgan fingerprint density at radius 1 is 0.677 bits per heavy atom. The Kier molecular flexibility index (Phi) is 34.8. The summed E-state index contributed by atoms with van der Waals surface area (Å²) in [5.41, 5.74) is 0. The summed E-state index contributed by atoms with van der Waals surface area (Å²) in [4.78, 5) is 12.1. The van der Waals surface area contributed by atoms with Gasteiger partial charge in [-0.1, -0.05) is 70.4 Å². The van der Waals surface area contributed by atoms with Crippen LogP contribution in [0.4, 0.5) is 0 Å². The number of aliphatic carboxylic acids is 1. The molecule has 0 fully saturated rings. The summed E-state index contributed by atoms with van der Waals surface area (Å²) in [5, 5.41) is 34.0. The van der Waals surface area contributed by atoms with Crippen LogP contribution in [0.3, 0.4) is 0 Å². The smallest absolute Gasteiger partial charge is 0.303 e. The van der Waals surface area contributed by atoms with E-state index in [-0.39, 0.29) is 25.3 Å². The van der Waals surface area contributed by atoms with Gasteiger partial charge in [-0.25, -0.2) is 0 Å². The summed E-state index contributed by atoms with van der Waals surface area (Å²) >= 11 is 0. The minimum absolute atomic E-state index is 0. The fourth-order valence-electron chi connectivity index (χ4n) is 3.11. The summed E-state index contributed by atoms with van der Waals surface area (Å²) in [7, 11) is 0. The van der Waals surface area contributed by atoms with Crippen molar-refractivity contribution in [2.45, 2.75) is 96.8 Å². The maximum absolute atomic E-state index is 10.3. The first-order valence-corrected chi connectivity index (χ1v) is 12.0. The van der Waals surface area contributed by atoms with Crippen molar-refractivity contribution in [1.82, 2.24) is 4.90 Å². The van der Waals surface area contributed by atoms with Crippen molar-refractivity contribution in [3.63, 3.8) is 0 Å². The van der Waals surface area contributed by atoms with Gasteiger partial charge in [0.05, 0.1) is 19.8 Å². The highest BCUT2D eigenvalue weighted by Gasteiger charge is 2.00. The lowest BCUT2D eigenvalue weighted by Gasteiger charge is -2.17. The number of allylic oxidation sites excluding steroid dienone is 2. The van der Waals surface area contributed by atoms with E-state index in [4.69, 9.17) is 20.4 Å². The second kappa shape index (κ2) is 31.2. The summed E-state index contributed by atoms with van der Waals surface area (Å²) in [6.07, 6.45) is 21.2. The Hall–Kier alpha value is -0.990. The molecule has 0 radical (unpaired) electrons. The quantitative estimate of drug-likeness (QED) is 0.156. The summed E-state index contributed by atoms with van der Waals surface area (Å²) < 4.78 is 0. The molecule has 6 N–H and O–H groups in total. The third-order valence-corrected chi connectivity index (χ3v) is 4.90. The number of unbranched alkanes of at least 4 members (excludes halogenated alkanes) is 11.